The van der Waals surface area contributed by atoms with E-state index in [1.54, 1.807) is 7.11 Å². The van der Waals surface area contributed by atoms with Gasteiger partial charge in [-0.05, 0) is 24.4 Å². The molecule has 2 nitrogen and oxygen atoms in total. The SMILES string of the molecule is CCNCc1sc2c(C)cccc2c1COC. The van der Waals surface area contributed by atoms with Gasteiger partial charge in [-0.25, -0.2) is 0 Å². The van der Waals surface area contributed by atoms with E-state index in [0.717, 1.165) is 13.1 Å². The second-order valence-electron chi connectivity index (χ2n) is 4.17. The highest BCUT2D eigenvalue weighted by atomic mass is 32.1. The van der Waals surface area contributed by atoms with Gasteiger partial charge < -0.3 is 10.1 Å². The quantitative estimate of drug-likeness (QED) is 0.876. The molecule has 1 N–H and O–H groups in total. The second-order valence-corrected chi connectivity index (χ2v) is 5.27. The number of hydrogen-bond donors (Lipinski definition) is 1. The summed E-state index contributed by atoms with van der Waals surface area (Å²) < 4.78 is 6.73. The van der Waals surface area contributed by atoms with Crippen LogP contribution < -0.4 is 5.32 Å². The molecular weight excluding hydrogens is 230 g/mol. The van der Waals surface area contributed by atoms with E-state index in [1.807, 2.05) is 11.3 Å². The minimum Gasteiger partial charge on any atom is -0.380 e. The van der Waals surface area contributed by atoms with Gasteiger partial charge in [0.2, 0.25) is 0 Å². The van der Waals surface area contributed by atoms with Crippen molar-refractivity contribution in [1.82, 2.24) is 5.32 Å². The molecule has 0 aliphatic rings. The highest BCUT2D eigenvalue weighted by Gasteiger charge is 2.12. The average Bonchev–Trinajstić information content (AvgIpc) is 2.67. The summed E-state index contributed by atoms with van der Waals surface area (Å²) in [6.45, 7) is 6.94. The van der Waals surface area contributed by atoms with Crippen LogP contribution in [0.5, 0.6) is 0 Å². The Morgan fingerprint density at radius 3 is 2.88 bits per heavy atom. The van der Waals surface area contributed by atoms with E-state index in [2.05, 4.69) is 37.4 Å². The molecule has 0 amide bonds. The third kappa shape index (κ3) is 2.51. The summed E-state index contributed by atoms with van der Waals surface area (Å²) in [7, 11) is 1.76. The van der Waals surface area contributed by atoms with Gasteiger partial charge in [-0.2, -0.15) is 0 Å². The predicted octanol–water partition coefficient (Wildman–Crippen LogP) is 3.47. The molecule has 1 aromatic carbocycles. The number of fused-ring (bicyclic) bond motifs is 1. The van der Waals surface area contributed by atoms with Crippen molar-refractivity contribution < 1.29 is 4.74 Å². The fraction of sp³-hybridized carbons (Fsp3) is 0.429. The number of nitrogens with one attached hydrogen (secondary N) is 1. The fourth-order valence-electron chi connectivity index (χ4n) is 2.04. The molecule has 0 bridgehead atoms. The predicted molar refractivity (Wildman–Crippen MR) is 74.7 cm³/mol. The van der Waals surface area contributed by atoms with Gasteiger partial charge in [0.1, 0.15) is 0 Å². The Balaban J connectivity index is 2.49. The van der Waals surface area contributed by atoms with Crippen LogP contribution in [0.2, 0.25) is 0 Å². The largest absolute Gasteiger partial charge is 0.380 e. The lowest BCUT2D eigenvalue weighted by Crippen LogP contribution is -2.11. The number of aryl methyl sites for hydroxylation is 1. The molecule has 2 aromatic rings. The van der Waals surface area contributed by atoms with Crippen LogP contribution in [0.25, 0.3) is 10.1 Å². The standard InChI is InChI=1S/C14H19NOS/c1-4-15-8-13-12(9-16-3)11-7-5-6-10(2)14(11)17-13/h5-7,15H,4,8-9H2,1-3H3. The van der Waals surface area contributed by atoms with E-state index in [1.165, 1.54) is 26.1 Å². The van der Waals surface area contributed by atoms with Crippen molar-refractivity contribution in [1.29, 1.82) is 0 Å². The zero-order chi connectivity index (χ0) is 12.3. The lowest BCUT2D eigenvalue weighted by atomic mass is 10.1. The molecule has 0 spiro atoms. The summed E-state index contributed by atoms with van der Waals surface area (Å²) >= 11 is 1.89. The van der Waals surface area contributed by atoms with Gasteiger partial charge in [0, 0.05) is 28.8 Å². The summed E-state index contributed by atoms with van der Waals surface area (Å²) in [6.07, 6.45) is 0. The molecular formula is C14H19NOS. The van der Waals surface area contributed by atoms with Crippen LogP contribution in [0.3, 0.4) is 0 Å². The van der Waals surface area contributed by atoms with Crippen LogP contribution in [0.15, 0.2) is 18.2 Å². The van der Waals surface area contributed by atoms with E-state index in [0.29, 0.717) is 6.61 Å². The first kappa shape index (κ1) is 12.6. The maximum atomic E-state index is 5.33. The van der Waals surface area contributed by atoms with Gasteiger partial charge in [0.25, 0.3) is 0 Å². The second kappa shape index (κ2) is 5.63. The summed E-state index contributed by atoms with van der Waals surface area (Å²) in [6, 6.07) is 6.50. The average molecular weight is 249 g/mol. The van der Waals surface area contributed by atoms with E-state index in [4.69, 9.17) is 4.74 Å². The third-order valence-electron chi connectivity index (χ3n) is 2.92. The van der Waals surface area contributed by atoms with Gasteiger partial charge in [-0.15, -0.1) is 11.3 Å². The fourth-order valence-corrected chi connectivity index (χ4v) is 3.29. The smallest absolute Gasteiger partial charge is 0.0730 e. The Hall–Kier alpha value is -0.900. The van der Waals surface area contributed by atoms with Crippen molar-refractivity contribution in [3.63, 3.8) is 0 Å². The topological polar surface area (TPSA) is 21.3 Å². The van der Waals surface area contributed by atoms with Gasteiger partial charge in [0.05, 0.1) is 6.61 Å². The lowest BCUT2D eigenvalue weighted by molar-refractivity contribution is 0.185. The Kier molecular flexibility index (Phi) is 4.15. The van der Waals surface area contributed by atoms with Crippen molar-refractivity contribution in [2.75, 3.05) is 13.7 Å². The van der Waals surface area contributed by atoms with Gasteiger partial charge in [-0.1, -0.05) is 25.1 Å². The molecule has 1 heterocycles. The minimum atomic E-state index is 0.699. The lowest BCUT2D eigenvalue weighted by Gasteiger charge is -2.04. The number of benzene rings is 1. The number of ether oxygens (including phenoxy) is 1. The normalized spacial score (nSPS) is 11.2. The molecule has 17 heavy (non-hydrogen) atoms. The van der Waals surface area contributed by atoms with Crippen LogP contribution in [0.4, 0.5) is 0 Å². The van der Waals surface area contributed by atoms with Gasteiger partial charge in [-0.3, -0.25) is 0 Å². The van der Waals surface area contributed by atoms with Crippen molar-refractivity contribution in [3.05, 3.63) is 34.2 Å². The van der Waals surface area contributed by atoms with Crippen molar-refractivity contribution >= 4 is 21.4 Å². The summed E-state index contributed by atoms with van der Waals surface area (Å²) in [4.78, 5) is 1.40. The molecule has 2 rings (SSSR count). The molecule has 0 radical (unpaired) electrons. The molecule has 0 fully saturated rings. The first-order valence-electron chi connectivity index (χ1n) is 5.97. The maximum Gasteiger partial charge on any atom is 0.0730 e. The van der Waals surface area contributed by atoms with Crippen molar-refractivity contribution in [3.8, 4) is 0 Å². The Labute approximate surface area is 107 Å². The van der Waals surface area contributed by atoms with E-state index in [-0.39, 0.29) is 0 Å². The summed E-state index contributed by atoms with van der Waals surface area (Å²) in [5, 5.41) is 4.75. The first-order chi connectivity index (χ1) is 8.27. The number of methoxy groups -OCH3 is 1. The monoisotopic (exact) mass is 249 g/mol. The van der Waals surface area contributed by atoms with Crippen LogP contribution >= 0.6 is 11.3 Å². The van der Waals surface area contributed by atoms with Gasteiger partial charge in [0.15, 0.2) is 0 Å². The first-order valence-corrected chi connectivity index (χ1v) is 6.79. The van der Waals surface area contributed by atoms with Gasteiger partial charge >= 0.3 is 0 Å². The molecule has 0 aliphatic heterocycles. The number of thiophene rings is 1. The Morgan fingerprint density at radius 1 is 1.35 bits per heavy atom. The molecule has 0 aliphatic carbocycles. The molecule has 3 heteroatoms. The van der Waals surface area contributed by atoms with Crippen molar-refractivity contribution in [2.45, 2.75) is 27.0 Å². The van der Waals surface area contributed by atoms with Crippen LogP contribution in [0, 0.1) is 6.92 Å². The maximum absolute atomic E-state index is 5.33. The van der Waals surface area contributed by atoms with E-state index in [9.17, 15) is 0 Å². The van der Waals surface area contributed by atoms with Crippen LogP contribution in [0.1, 0.15) is 22.9 Å². The molecule has 0 atom stereocenters. The Morgan fingerprint density at radius 2 is 2.18 bits per heavy atom. The van der Waals surface area contributed by atoms with E-state index < -0.39 is 0 Å². The molecule has 0 unspecified atom stereocenters. The minimum absolute atomic E-state index is 0.699. The number of rotatable bonds is 5. The van der Waals surface area contributed by atoms with Crippen LogP contribution in [-0.4, -0.2) is 13.7 Å². The summed E-state index contributed by atoms with van der Waals surface area (Å²) in [5.41, 5.74) is 2.70. The van der Waals surface area contributed by atoms with Crippen molar-refractivity contribution in [2.24, 2.45) is 0 Å². The highest BCUT2D eigenvalue weighted by Crippen LogP contribution is 2.33. The van der Waals surface area contributed by atoms with Crippen LogP contribution in [-0.2, 0) is 17.9 Å². The summed E-state index contributed by atoms with van der Waals surface area (Å²) in [5.74, 6) is 0. The Bertz CT molecular complexity index is 504. The molecule has 1 aromatic heterocycles. The zero-order valence-electron chi connectivity index (χ0n) is 10.7. The molecule has 0 saturated carbocycles. The molecule has 92 valence electrons. The zero-order valence-corrected chi connectivity index (χ0v) is 11.5. The highest BCUT2D eigenvalue weighted by molar-refractivity contribution is 7.19. The third-order valence-corrected chi connectivity index (χ3v) is 4.31. The number of hydrogen-bond acceptors (Lipinski definition) is 3. The molecule has 0 saturated heterocycles. The van der Waals surface area contributed by atoms with E-state index >= 15 is 0 Å².